The maximum Gasteiger partial charge on any atom is 0.223 e. The number of nitrogens with one attached hydrogen (secondary N) is 1. The first-order valence-corrected chi connectivity index (χ1v) is 7.99. The average molecular weight is 288 g/mol. The molecule has 4 nitrogen and oxygen atoms in total. The lowest BCUT2D eigenvalue weighted by molar-refractivity contribution is -0.127. The van der Waals surface area contributed by atoms with Gasteiger partial charge in [-0.3, -0.25) is 9.69 Å². The molecule has 3 rings (SSSR count). The standard InChI is InChI=1S/C17H24N2O2/c20-17(15-7-4-8-15)18-13-16(14-5-2-1-3-6-14)19-9-11-21-12-10-19/h1-3,5-6,15-16H,4,7-13H2,(H,18,20)/t16-/m0/s1. The van der Waals surface area contributed by atoms with Gasteiger partial charge < -0.3 is 10.1 Å². The van der Waals surface area contributed by atoms with Gasteiger partial charge in [0.25, 0.3) is 0 Å². The number of hydrogen-bond donors (Lipinski definition) is 1. The van der Waals surface area contributed by atoms with Crippen LogP contribution in [0.4, 0.5) is 0 Å². The summed E-state index contributed by atoms with van der Waals surface area (Å²) in [5.74, 6) is 0.488. The predicted octanol–water partition coefficient (Wildman–Crippen LogP) is 1.98. The van der Waals surface area contributed by atoms with E-state index >= 15 is 0 Å². The summed E-state index contributed by atoms with van der Waals surface area (Å²) in [6.07, 6.45) is 3.31. The van der Waals surface area contributed by atoms with Gasteiger partial charge in [0.05, 0.1) is 19.3 Å². The Morgan fingerprint density at radius 3 is 2.57 bits per heavy atom. The summed E-state index contributed by atoms with van der Waals surface area (Å²) in [6, 6.07) is 10.7. The molecular formula is C17H24N2O2. The molecular weight excluding hydrogens is 264 g/mol. The smallest absolute Gasteiger partial charge is 0.223 e. The zero-order valence-electron chi connectivity index (χ0n) is 12.5. The molecule has 0 radical (unpaired) electrons. The molecule has 0 aromatic heterocycles. The van der Waals surface area contributed by atoms with E-state index in [2.05, 4.69) is 34.5 Å². The van der Waals surface area contributed by atoms with Crippen molar-refractivity contribution in [3.8, 4) is 0 Å². The van der Waals surface area contributed by atoms with E-state index in [1.165, 1.54) is 12.0 Å². The second-order valence-electron chi connectivity index (χ2n) is 5.95. The molecule has 1 aliphatic heterocycles. The van der Waals surface area contributed by atoms with E-state index in [4.69, 9.17) is 4.74 Å². The second-order valence-corrected chi connectivity index (χ2v) is 5.95. The minimum absolute atomic E-state index is 0.232. The molecule has 1 aliphatic carbocycles. The van der Waals surface area contributed by atoms with Gasteiger partial charge in [-0.25, -0.2) is 0 Å². The highest BCUT2D eigenvalue weighted by Crippen LogP contribution is 2.27. The van der Waals surface area contributed by atoms with Crippen LogP contribution in [0.1, 0.15) is 30.9 Å². The lowest BCUT2D eigenvalue weighted by atomic mass is 9.85. The summed E-state index contributed by atoms with van der Waals surface area (Å²) in [5.41, 5.74) is 1.27. The quantitative estimate of drug-likeness (QED) is 0.901. The maximum atomic E-state index is 12.1. The molecule has 4 heteroatoms. The van der Waals surface area contributed by atoms with Crippen molar-refractivity contribution in [3.63, 3.8) is 0 Å². The molecule has 2 aliphatic rings. The normalized spacial score (nSPS) is 21.5. The summed E-state index contributed by atoms with van der Waals surface area (Å²) >= 11 is 0. The zero-order chi connectivity index (χ0) is 14.5. The SMILES string of the molecule is O=C(NC[C@@H](c1ccccc1)N1CCOCC1)C1CCC1. The molecule has 0 spiro atoms. The fraction of sp³-hybridized carbons (Fsp3) is 0.588. The van der Waals surface area contributed by atoms with Crippen LogP contribution in [0.2, 0.25) is 0 Å². The molecule has 1 aromatic rings. The van der Waals surface area contributed by atoms with E-state index in [-0.39, 0.29) is 17.9 Å². The van der Waals surface area contributed by atoms with Crippen molar-refractivity contribution >= 4 is 5.91 Å². The van der Waals surface area contributed by atoms with Crippen molar-refractivity contribution in [1.82, 2.24) is 10.2 Å². The van der Waals surface area contributed by atoms with Crippen LogP contribution in [0.5, 0.6) is 0 Å². The Hall–Kier alpha value is -1.39. The van der Waals surface area contributed by atoms with Crippen LogP contribution in [-0.4, -0.2) is 43.7 Å². The molecule has 0 unspecified atom stereocenters. The minimum atomic E-state index is 0.232. The number of rotatable bonds is 5. The van der Waals surface area contributed by atoms with Gasteiger partial charge in [-0.1, -0.05) is 36.8 Å². The van der Waals surface area contributed by atoms with Crippen molar-refractivity contribution in [3.05, 3.63) is 35.9 Å². The molecule has 21 heavy (non-hydrogen) atoms. The Morgan fingerprint density at radius 2 is 1.95 bits per heavy atom. The Morgan fingerprint density at radius 1 is 1.24 bits per heavy atom. The fourth-order valence-corrected chi connectivity index (χ4v) is 3.03. The average Bonchev–Trinajstić information content (AvgIpc) is 2.48. The lowest BCUT2D eigenvalue weighted by Gasteiger charge is -2.35. The van der Waals surface area contributed by atoms with Crippen molar-refractivity contribution in [1.29, 1.82) is 0 Å². The first-order valence-electron chi connectivity index (χ1n) is 7.99. The van der Waals surface area contributed by atoms with Gasteiger partial charge in [0.1, 0.15) is 0 Å². The van der Waals surface area contributed by atoms with Gasteiger partial charge in [-0.05, 0) is 18.4 Å². The number of benzene rings is 1. The molecule has 1 amide bonds. The van der Waals surface area contributed by atoms with Crippen molar-refractivity contribution < 1.29 is 9.53 Å². The van der Waals surface area contributed by atoms with Gasteiger partial charge in [0.2, 0.25) is 5.91 Å². The molecule has 1 atom stereocenters. The third kappa shape index (κ3) is 3.63. The largest absolute Gasteiger partial charge is 0.379 e. The highest BCUT2D eigenvalue weighted by molar-refractivity contribution is 5.79. The molecule has 1 heterocycles. The number of carbonyl (C=O) groups excluding carboxylic acids is 1. The fourth-order valence-electron chi connectivity index (χ4n) is 3.03. The van der Waals surface area contributed by atoms with E-state index in [9.17, 15) is 4.79 Å². The number of carbonyl (C=O) groups is 1. The Bertz CT molecular complexity index is 453. The van der Waals surface area contributed by atoms with Crippen LogP contribution >= 0.6 is 0 Å². The second kappa shape index (κ2) is 7.05. The summed E-state index contributed by atoms with van der Waals surface area (Å²) in [5, 5.41) is 3.16. The van der Waals surface area contributed by atoms with Gasteiger partial charge in [-0.2, -0.15) is 0 Å². The van der Waals surface area contributed by atoms with Gasteiger partial charge >= 0.3 is 0 Å². The van der Waals surface area contributed by atoms with E-state index < -0.39 is 0 Å². The van der Waals surface area contributed by atoms with Crippen molar-refractivity contribution in [2.75, 3.05) is 32.8 Å². The number of morpholine rings is 1. The Labute approximate surface area is 126 Å². The number of amides is 1. The van der Waals surface area contributed by atoms with Crippen LogP contribution in [0, 0.1) is 5.92 Å². The van der Waals surface area contributed by atoms with E-state index in [1.807, 2.05) is 6.07 Å². The lowest BCUT2D eigenvalue weighted by Crippen LogP contribution is -2.45. The number of ether oxygens (including phenoxy) is 1. The van der Waals surface area contributed by atoms with Crippen LogP contribution < -0.4 is 5.32 Å². The molecule has 1 saturated heterocycles. The molecule has 1 N–H and O–H groups in total. The van der Waals surface area contributed by atoms with Gasteiger partial charge in [0, 0.05) is 25.6 Å². The summed E-state index contributed by atoms with van der Waals surface area (Å²) in [6.45, 7) is 4.11. The Balaban J connectivity index is 1.64. The predicted molar refractivity (Wildman–Crippen MR) is 81.9 cm³/mol. The molecule has 2 fully saturated rings. The van der Waals surface area contributed by atoms with Crippen molar-refractivity contribution in [2.45, 2.75) is 25.3 Å². The topological polar surface area (TPSA) is 41.6 Å². The van der Waals surface area contributed by atoms with Gasteiger partial charge in [-0.15, -0.1) is 0 Å². The monoisotopic (exact) mass is 288 g/mol. The molecule has 114 valence electrons. The summed E-state index contributed by atoms with van der Waals surface area (Å²) < 4.78 is 5.45. The molecule has 1 aromatic carbocycles. The molecule has 1 saturated carbocycles. The minimum Gasteiger partial charge on any atom is -0.379 e. The number of hydrogen-bond acceptors (Lipinski definition) is 3. The highest BCUT2D eigenvalue weighted by Gasteiger charge is 2.27. The van der Waals surface area contributed by atoms with Crippen LogP contribution in [0.3, 0.4) is 0 Å². The van der Waals surface area contributed by atoms with Crippen molar-refractivity contribution in [2.24, 2.45) is 5.92 Å². The zero-order valence-corrected chi connectivity index (χ0v) is 12.5. The number of nitrogens with zero attached hydrogens (tertiary/aromatic N) is 1. The van der Waals surface area contributed by atoms with E-state index in [0.717, 1.165) is 39.1 Å². The third-order valence-corrected chi connectivity index (χ3v) is 4.62. The van der Waals surface area contributed by atoms with E-state index in [0.29, 0.717) is 6.54 Å². The van der Waals surface area contributed by atoms with Crippen LogP contribution in [0.15, 0.2) is 30.3 Å². The van der Waals surface area contributed by atoms with Crippen LogP contribution in [0.25, 0.3) is 0 Å². The summed E-state index contributed by atoms with van der Waals surface area (Å²) in [4.78, 5) is 14.5. The molecule has 0 bridgehead atoms. The Kier molecular flexibility index (Phi) is 4.88. The van der Waals surface area contributed by atoms with Gasteiger partial charge in [0.15, 0.2) is 0 Å². The first-order chi connectivity index (χ1) is 10.3. The third-order valence-electron chi connectivity index (χ3n) is 4.62. The maximum absolute atomic E-state index is 12.1. The van der Waals surface area contributed by atoms with E-state index in [1.54, 1.807) is 0 Å². The first kappa shape index (κ1) is 14.5. The summed E-state index contributed by atoms with van der Waals surface area (Å²) in [7, 11) is 0. The van der Waals surface area contributed by atoms with Crippen LogP contribution in [-0.2, 0) is 9.53 Å². The highest BCUT2D eigenvalue weighted by atomic mass is 16.5.